The van der Waals surface area contributed by atoms with Crippen molar-refractivity contribution in [2.75, 3.05) is 7.11 Å². The van der Waals surface area contributed by atoms with Gasteiger partial charge in [0.15, 0.2) is 5.78 Å². The highest BCUT2D eigenvalue weighted by Crippen LogP contribution is 2.15. The van der Waals surface area contributed by atoms with Crippen LogP contribution < -0.4 is 0 Å². The molecule has 0 aliphatic carbocycles. The Morgan fingerprint density at radius 1 is 1.53 bits per heavy atom. The SMILES string of the molecule is CCC(OC)C(=O)c1cc(F)ccc1C. The number of halogens is 1. The summed E-state index contributed by atoms with van der Waals surface area (Å²) in [5.41, 5.74) is 1.18. The van der Waals surface area contributed by atoms with E-state index >= 15 is 0 Å². The van der Waals surface area contributed by atoms with Gasteiger partial charge in [0.1, 0.15) is 11.9 Å². The molecule has 0 saturated heterocycles. The number of aryl methyl sites for hydroxylation is 1. The molecule has 15 heavy (non-hydrogen) atoms. The van der Waals surface area contributed by atoms with Crippen LogP contribution in [0, 0.1) is 12.7 Å². The molecule has 0 spiro atoms. The van der Waals surface area contributed by atoms with Crippen LogP contribution >= 0.6 is 0 Å². The van der Waals surface area contributed by atoms with Gasteiger partial charge in [0, 0.05) is 12.7 Å². The molecule has 1 atom stereocenters. The van der Waals surface area contributed by atoms with Gasteiger partial charge in [0.05, 0.1) is 0 Å². The van der Waals surface area contributed by atoms with Gasteiger partial charge in [-0.3, -0.25) is 4.79 Å². The zero-order chi connectivity index (χ0) is 11.4. The van der Waals surface area contributed by atoms with Gasteiger partial charge in [-0.25, -0.2) is 4.39 Å². The number of hydrogen-bond donors (Lipinski definition) is 0. The summed E-state index contributed by atoms with van der Waals surface area (Å²) >= 11 is 0. The summed E-state index contributed by atoms with van der Waals surface area (Å²) in [6, 6.07) is 4.21. The van der Waals surface area contributed by atoms with E-state index in [0.29, 0.717) is 12.0 Å². The minimum atomic E-state index is -0.481. The van der Waals surface area contributed by atoms with Gasteiger partial charge in [0.25, 0.3) is 0 Å². The molecule has 0 aromatic heterocycles. The van der Waals surface area contributed by atoms with E-state index in [1.807, 2.05) is 6.92 Å². The fourth-order valence-corrected chi connectivity index (χ4v) is 1.49. The molecule has 2 nitrogen and oxygen atoms in total. The molecule has 0 heterocycles. The fraction of sp³-hybridized carbons (Fsp3) is 0.417. The van der Waals surface area contributed by atoms with Gasteiger partial charge in [0.2, 0.25) is 0 Å². The van der Waals surface area contributed by atoms with Gasteiger partial charge in [-0.2, -0.15) is 0 Å². The first kappa shape index (κ1) is 11.9. The summed E-state index contributed by atoms with van der Waals surface area (Å²) in [4.78, 5) is 11.9. The van der Waals surface area contributed by atoms with Crippen molar-refractivity contribution in [3.05, 3.63) is 35.1 Å². The Morgan fingerprint density at radius 2 is 2.20 bits per heavy atom. The quantitative estimate of drug-likeness (QED) is 0.714. The molecular formula is C12H15FO2. The Morgan fingerprint density at radius 3 is 2.73 bits per heavy atom. The maximum atomic E-state index is 13.0. The third-order valence-electron chi connectivity index (χ3n) is 2.41. The van der Waals surface area contributed by atoms with Crippen molar-refractivity contribution >= 4 is 5.78 Å². The van der Waals surface area contributed by atoms with Crippen LogP contribution in [-0.2, 0) is 4.74 Å². The highest BCUT2D eigenvalue weighted by atomic mass is 19.1. The van der Waals surface area contributed by atoms with Crippen molar-refractivity contribution in [3.8, 4) is 0 Å². The van der Waals surface area contributed by atoms with Crippen LogP contribution in [0.25, 0.3) is 0 Å². The van der Waals surface area contributed by atoms with Crippen LogP contribution in [0.15, 0.2) is 18.2 Å². The molecule has 82 valence electrons. The molecular weight excluding hydrogens is 195 g/mol. The molecule has 0 bridgehead atoms. The van der Waals surface area contributed by atoms with Crippen LogP contribution in [0.5, 0.6) is 0 Å². The smallest absolute Gasteiger partial charge is 0.191 e. The lowest BCUT2D eigenvalue weighted by Gasteiger charge is -2.13. The van der Waals surface area contributed by atoms with Crippen molar-refractivity contribution in [1.82, 2.24) is 0 Å². The second-order valence-corrected chi connectivity index (χ2v) is 3.46. The summed E-state index contributed by atoms with van der Waals surface area (Å²) < 4.78 is 18.0. The van der Waals surface area contributed by atoms with E-state index in [-0.39, 0.29) is 5.78 Å². The third-order valence-corrected chi connectivity index (χ3v) is 2.41. The van der Waals surface area contributed by atoms with Crippen molar-refractivity contribution in [2.45, 2.75) is 26.4 Å². The Labute approximate surface area is 89.1 Å². The second-order valence-electron chi connectivity index (χ2n) is 3.46. The predicted molar refractivity (Wildman–Crippen MR) is 56.6 cm³/mol. The summed E-state index contributed by atoms with van der Waals surface area (Å²) in [6.45, 7) is 3.65. The van der Waals surface area contributed by atoms with Crippen molar-refractivity contribution in [2.24, 2.45) is 0 Å². The number of benzene rings is 1. The van der Waals surface area contributed by atoms with Gasteiger partial charge < -0.3 is 4.74 Å². The lowest BCUT2D eigenvalue weighted by molar-refractivity contribution is 0.0594. The number of carbonyl (C=O) groups is 1. The standard InChI is InChI=1S/C12H15FO2/c1-4-11(15-3)12(14)10-7-9(13)6-5-8(10)2/h5-7,11H,4H2,1-3H3. The van der Waals surface area contributed by atoms with E-state index in [1.165, 1.54) is 19.2 Å². The molecule has 1 unspecified atom stereocenters. The molecule has 0 fully saturated rings. The molecule has 0 saturated carbocycles. The van der Waals surface area contributed by atoms with Crippen LogP contribution in [0.3, 0.4) is 0 Å². The van der Waals surface area contributed by atoms with E-state index in [4.69, 9.17) is 4.74 Å². The van der Waals surface area contributed by atoms with Crippen LogP contribution in [0.4, 0.5) is 4.39 Å². The third kappa shape index (κ3) is 2.63. The molecule has 0 radical (unpaired) electrons. The zero-order valence-corrected chi connectivity index (χ0v) is 9.21. The molecule has 1 rings (SSSR count). The summed E-state index contributed by atoms with van der Waals surface area (Å²) in [5.74, 6) is -0.549. The maximum absolute atomic E-state index is 13.0. The average Bonchev–Trinajstić information content (AvgIpc) is 2.23. The van der Waals surface area contributed by atoms with Gasteiger partial charge in [-0.1, -0.05) is 13.0 Å². The first-order valence-electron chi connectivity index (χ1n) is 4.93. The highest BCUT2D eigenvalue weighted by Gasteiger charge is 2.19. The number of ether oxygens (including phenoxy) is 1. The molecule has 0 N–H and O–H groups in total. The number of Topliss-reactive ketones (excluding diaryl/α,β-unsaturated/α-hetero) is 1. The van der Waals surface area contributed by atoms with Crippen molar-refractivity contribution < 1.29 is 13.9 Å². The first-order chi connectivity index (χ1) is 7.10. The number of rotatable bonds is 4. The molecule has 0 aliphatic rings. The van der Waals surface area contributed by atoms with E-state index < -0.39 is 11.9 Å². The normalized spacial score (nSPS) is 12.5. The minimum Gasteiger partial charge on any atom is -0.373 e. The van der Waals surface area contributed by atoms with E-state index in [9.17, 15) is 9.18 Å². The van der Waals surface area contributed by atoms with Crippen LogP contribution in [0.2, 0.25) is 0 Å². The van der Waals surface area contributed by atoms with Gasteiger partial charge >= 0.3 is 0 Å². The Kier molecular flexibility index (Phi) is 3.97. The Balaban J connectivity index is 3.04. The topological polar surface area (TPSA) is 26.3 Å². The number of hydrogen-bond acceptors (Lipinski definition) is 2. The van der Waals surface area contributed by atoms with E-state index in [2.05, 4.69) is 0 Å². The van der Waals surface area contributed by atoms with Gasteiger partial charge in [-0.05, 0) is 31.0 Å². The number of ketones is 1. The predicted octanol–water partition coefficient (Wildman–Crippen LogP) is 2.74. The van der Waals surface area contributed by atoms with E-state index in [0.717, 1.165) is 5.56 Å². The first-order valence-corrected chi connectivity index (χ1v) is 4.93. The highest BCUT2D eigenvalue weighted by molar-refractivity contribution is 6.00. The van der Waals surface area contributed by atoms with Gasteiger partial charge in [-0.15, -0.1) is 0 Å². The largest absolute Gasteiger partial charge is 0.373 e. The zero-order valence-electron chi connectivity index (χ0n) is 9.21. The maximum Gasteiger partial charge on any atom is 0.191 e. The minimum absolute atomic E-state index is 0.156. The van der Waals surface area contributed by atoms with Crippen LogP contribution in [-0.4, -0.2) is 19.0 Å². The van der Waals surface area contributed by atoms with E-state index in [1.54, 1.807) is 13.0 Å². The lowest BCUT2D eigenvalue weighted by Crippen LogP contribution is -2.23. The fourth-order valence-electron chi connectivity index (χ4n) is 1.49. The Hall–Kier alpha value is -1.22. The van der Waals surface area contributed by atoms with Crippen molar-refractivity contribution in [3.63, 3.8) is 0 Å². The summed E-state index contributed by atoms with van der Waals surface area (Å²) in [7, 11) is 1.49. The molecule has 1 aromatic carbocycles. The lowest BCUT2D eigenvalue weighted by atomic mass is 10.00. The molecule has 0 amide bonds. The number of methoxy groups -OCH3 is 1. The second kappa shape index (κ2) is 5.03. The number of carbonyl (C=O) groups excluding carboxylic acids is 1. The summed E-state index contributed by atoms with van der Waals surface area (Å²) in [5, 5.41) is 0. The summed E-state index contributed by atoms with van der Waals surface area (Å²) in [6.07, 6.45) is 0.108. The van der Waals surface area contributed by atoms with Crippen LogP contribution in [0.1, 0.15) is 29.3 Å². The molecule has 1 aromatic rings. The average molecular weight is 210 g/mol. The van der Waals surface area contributed by atoms with Crippen molar-refractivity contribution in [1.29, 1.82) is 0 Å². The monoisotopic (exact) mass is 210 g/mol. The molecule has 3 heteroatoms. The molecule has 0 aliphatic heterocycles. The Bertz CT molecular complexity index is 357.